The third-order valence-electron chi connectivity index (χ3n) is 5.44. The molecule has 5 nitrogen and oxygen atoms in total. The van der Waals surface area contributed by atoms with E-state index in [4.69, 9.17) is 4.98 Å². The van der Waals surface area contributed by atoms with Gasteiger partial charge in [0.25, 0.3) is 0 Å². The summed E-state index contributed by atoms with van der Waals surface area (Å²) in [6.07, 6.45) is 1.80. The number of fused-ring (bicyclic) bond motifs is 1. The Morgan fingerprint density at radius 2 is 2.17 bits per heavy atom. The molecule has 3 heterocycles. The van der Waals surface area contributed by atoms with Crippen LogP contribution in [0.5, 0.6) is 0 Å². The molecule has 2 saturated heterocycles. The summed E-state index contributed by atoms with van der Waals surface area (Å²) in [4.78, 5) is 19.4. The van der Waals surface area contributed by atoms with Gasteiger partial charge in [0.05, 0.1) is 22.7 Å². The standard InChI is InChI=1S/C19H23N3O2/c23-17-8-11-22(13-19(17)9-3-10-20-18(19)24)12-15-7-6-14-4-1-2-5-16(14)21-15/h1-2,4-7,17,23H,3,8-13H2,(H,20,24)/t17-,19-/m1/s1. The largest absolute Gasteiger partial charge is 0.392 e. The fourth-order valence-electron chi connectivity index (χ4n) is 4.09. The Kier molecular flexibility index (Phi) is 3.98. The number of aliphatic hydroxyl groups is 1. The Balaban J connectivity index is 1.54. The maximum Gasteiger partial charge on any atom is 0.230 e. The summed E-state index contributed by atoms with van der Waals surface area (Å²) in [5.41, 5.74) is 1.36. The van der Waals surface area contributed by atoms with Crippen LogP contribution in [0.4, 0.5) is 0 Å². The number of aliphatic hydroxyl groups excluding tert-OH is 1. The number of piperidine rings is 2. The molecule has 1 aromatic carbocycles. The first-order valence-electron chi connectivity index (χ1n) is 8.71. The Hall–Kier alpha value is -1.98. The fourth-order valence-corrected chi connectivity index (χ4v) is 4.09. The molecule has 0 radical (unpaired) electrons. The lowest BCUT2D eigenvalue weighted by atomic mass is 9.71. The maximum absolute atomic E-state index is 12.4. The number of nitrogens with zero attached hydrogens (tertiary/aromatic N) is 2. The second kappa shape index (κ2) is 6.15. The summed E-state index contributed by atoms with van der Waals surface area (Å²) in [5.74, 6) is 0.0115. The number of hydrogen-bond donors (Lipinski definition) is 2. The van der Waals surface area contributed by atoms with Gasteiger partial charge in [0.1, 0.15) is 0 Å². The average Bonchev–Trinajstić information content (AvgIpc) is 2.60. The second-order valence-electron chi connectivity index (χ2n) is 7.03. The van der Waals surface area contributed by atoms with Gasteiger partial charge in [-0.25, -0.2) is 0 Å². The number of benzene rings is 1. The molecule has 1 spiro atoms. The fraction of sp³-hybridized carbons (Fsp3) is 0.474. The average molecular weight is 325 g/mol. The van der Waals surface area contributed by atoms with E-state index in [1.54, 1.807) is 0 Å². The third-order valence-corrected chi connectivity index (χ3v) is 5.44. The van der Waals surface area contributed by atoms with Crippen molar-refractivity contribution in [3.05, 3.63) is 42.1 Å². The van der Waals surface area contributed by atoms with E-state index >= 15 is 0 Å². The highest BCUT2D eigenvalue weighted by molar-refractivity contribution is 5.84. The van der Waals surface area contributed by atoms with Crippen LogP contribution in [0.25, 0.3) is 10.9 Å². The normalized spacial score (nSPS) is 28.2. The molecule has 4 rings (SSSR count). The molecule has 2 aliphatic rings. The van der Waals surface area contributed by atoms with Crippen LogP contribution in [0.15, 0.2) is 36.4 Å². The van der Waals surface area contributed by atoms with E-state index in [2.05, 4.69) is 28.4 Å². The highest BCUT2D eigenvalue weighted by atomic mass is 16.3. The number of likely N-dealkylation sites (tertiary alicyclic amines) is 1. The first-order chi connectivity index (χ1) is 11.7. The molecular formula is C19H23N3O2. The Morgan fingerprint density at radius 1 is 1.29 bits per heavy atom. The lowest BCUT2D eigenvalue weighted by Crippen LogP contribution is -2.61. The van der Waals surface area contributed by atoms with Gasteiger partial charge in [-0.3, -0.25) is 14.7 Å². The SMILES string of the molecule is O=C1NCCC[C@]12CN(Cc1ccc3ccccc3n1)CC[C@H]2O. The minimum Gasteiger partial charge on any atom is -0.392 e. The van der Waals surface area contributed by atoms with Crippen LogP contribution in [0.2, 0.25) is 0 Å². The van der Waals surface area contributed by atoms with Gasteiger partial charge in [-0.1, -0.05) is 24.3 Å². The molecule has 0 bridgehead atoms. The van der Waals surface area contributed by atoms with Crippen molar-refractivity contribution in [3.63, 3.8) is 0 Å². The van der Waals surface area contributed by atoms with Crippen molar-refractivity contribution < 1.29 is 9.90 Å². The van der Waals surface area contributed by atoms with Gasteiger partial charge in [-0.2, -0.15) is 0 Å². The molecule has 2 aromatic rings. The zero-order valence-corrected chi connectivity index (χ0v) is 13.7. The molecule has 2 atom stereocenters. The van der Waals surface area contributed by atoms with Gasteiger partial charge in [0, 0.05) is 31.6 Å². The predicted molar refractivity (Wildman–Crippen MR) is 92.3 cm³/mol. The van der Waals surface area contributed by atoms with Crippen LogP contribution >= 0.6 is 0 Å². The van der Waals surface area contributed by atoms with Crippen molar-refractivity contribution in [1.29, 1.82) is 0 Å². The van der Waals surface area contributed by atoms with E-state index in [0.717, 1.165) is 42.5 Å². The van der Waals surface area contributed by atoms with Crippen molar-refractivity contribution >= 4 is 16.8 Å². The molecular weight excluding hydrogens is 302 g/mol. The number of rotatable bonds is 2. The van der Waals surface area contributed by atoms with Gasteiger partial charge in [-0.15, -0.1) is 0 Å². The molecule has 126 valence electrons. The summed E-state index contributed by atoms with van der Waals surface area (Å²) < 4.78 is 0. The Morgan fingerprint density at radius 3 is 3.04 bits per heavy atom. The van der Waals surface area contributed by atoms with Gasteiger partial charge in [0.15, 0.2) is 0 Å². The highest BCUT2D eigenvalue weighted by Crippen LogP contribution is 2.37. The van der Waals surface area contributed by atoms with Crippen LogP contribution < -0.4 is 5.32 Å². The monoisotopic (exact) mass is 325 g/mol. The zero-order valence-electron chi connectivity index (χ0n) is 13.7. The molecule has 5 heteroatoms. The number of para-hydroxylation sites is 1. The topological polar surface area (TPSA) is 65.5 Å². The van der Waals surface area contributed by atoms with Gasteiger partial charge in [0.2, 0.25) is 5.91 Å². The molecule has 24 heavy (non-hydrogen) atoms. The Labute approximate surface area is 141 Å². The number of carbonyl (C=O) groups is 1. The first-order valence-corrected chi connectivity index (χ1v) is 8.71. The van der Waals surface area contributed by atoms with Crippen molar-refractivity contribution in [2.75, 3.05) is 19.6 Å². The lowest BCUT2D eigenvalue weighted by Gasteiger charge is -2.46. The molecule has 0 aliphatic carbocycles. The van der Waals surface area contributed by atoms with Crippen LogP contribution in [-0.4, -0.2) is 46.6 Å². The summed E-state index contributed by atoms with van der Waals surface area (Å²) in [5, 5.41) is 14.6. The molecule has 1 amide bonds. The summed E-state index contributed by atoms with van der Waals surface area (Å²) in [6, 6.07) is 12.2. The number of aromatic nitrogens is 1. The number of hydrogen-bond acceptors (Lipinski definition) is 4. The summed E-state index contributed by atoms with van der Waals surface area (Å²) in [6.45, 7) is 2.84. The quantitative estimate of drug-likeness (QED) is 0.882. The highest BCUT2D eigenvalue weighted by Gasteiger charge is 2.49. The second-order valence-corrected chi connectivity index (χ2v) is 7.03. The van der Waals surface area contributed by atoms with Crippen molar-refractivity contribution in [2.45, 2.75) is 31.9 Å². The summed E-state index contributed by atoms with van der Waals surface area (Å²) >= 11 is 0. The van der Waals surface area contributed by atoms with E-state index in [1.807, 2.05) is 18.2 Å². The smallest absolute Gasteiger partial charge is 0.230 e. The number of amides is 1. The molecule has 1 aromatic heterocycles. The zero-order chi connectivity index (χ0) is 16.6. The number of nitrogens with one attached hydrogen (secondary N) is 1. The van der Waals surface area contributed by atoms with Gasteiger partial charge in [-0.05, 0) is 31.4 Å². The predicted octanol–water partition coefficient (Wildman–Crippen LogP) is 1.70. The molecule has 0 unspecified atom stereocenters. The van der Waals surface area contributed by atoms with E-state index in [0.29, 0.717) is 19.5 Å². The van der Waals surface area contributed by atoms with Crippen LogP contribution in [0.3, 0.4) is 0 Å². The van der Waals surface area contributed by atoms with E-state index in [9.17, 15) is 9.90 Å². The number of carbonyl (C=O) groups excluding carboxylic acids is 1. The molecule has 2 fully saturated rings. The first kappa shape index (κ1) is 15.5. The van der Waals surface area contributed by atoms with Crippen LogP contribution in [-0.2, 0) is 11.3 Å². The Bertz CT molecular complexity index is 763. The van der Waals surface area contributed by atoms with Crippen LogP contribution in [0.1, 0.15) is 25.0 Å². The van der Waals surface area contributed by atoms with Gasteiger partial charge < -0.3 is 10.4 Å². The summed E-state index contributed by atoms with van der Waals surface area (Å²) in [7, 11) is 0. The van der Waals surface area contributed by atoms with E-state index in [-0.39, 0.29) is 5.91 Å². The minimum absolute atomic E-state index is 0.0115. The van der Waals surface area contributed by atoms with E-state index in [1.165, 1.54) is 0 Å². The molecule has 2 aliphatic heterocycles. The number of pyridine rings is 1. The van der Waals surface area contributed by atoms with Gasteiger partial charge >= 0.3 is 0 Å². The molecule has 0 saturated carbocycles. The van der Waals surface area contributed by atoms with Crippen molar-refractivity contribution in [1.82, 2.24) is 15.2 Å². The maximum atomic E-state index is 12.4. The van der Waals surface area contributed by atoms with E-state index < -0.39 is 11.5 Å². The molecule has 2 N–H and O–H groups in total. The van der Waals surface area contributed by atoms with Crippen LogP contribution in [0, 0.1) is 5.41 Å². The third kappa shape index (κ3) is 2.68. The van der Waals surface area contributed by atoms with Crippen molar-refractivity contribution in [2.24, 2.45) is 5.41 Å². The minimum atomic E-state index is -0.645. The lowest BCUT2D eigenvalue weighted by molar-refractivity contribution is -0.149. The van der Waals surface area contributed by atoms with Crippen molar-refractivity contribution in [3.8, 4) is 0 Å².